The van der Waals surface area contributed by atoms with E-state index in [-0.39, 0.29) is 23.0 Å². The first-order valence-electron chi connectivity index (χ1n) is 7.45. The Labute approximate surface area is 152 Å². The molecule has 1 N–H and O–H groups in total. The fraction of sp³-hybridized carbons (Fsp3) is 0. The van der Waals surface area contributed by atoms with Crippen LogP contribution in [0.2, 0.25) is 0 Å². The van der Waals surface area contributed by atoms with Gasteiger partial charge < -0.3 is 9.84 Å². The van der Waals surface area contributed by atoms with E-state index < -0.39 is 0 Å². The Hall–Kier alpha value is -2.61. The van der Waals surface area contributed by atoms with Gasteiger partial charge in [-0.05, 0) is 23.6 Å². The van der Waals surface area contributed by atoms with E-state index in [1.165, 1.54) is 0 Å². The van der Waals surface area contributed by atoms with Crippen molar-refractivity contribution in [2.75, 3.05) is 0 Å². The summed E-state index contributed by atoms with van der Waals surface area (Å²) >= 11 is 0. The summed E-state index contributed by atoms with van der Waals surface area (Å²) in [7, 11) is 0. The van der Waals surface area contributed by atoms with Crippen molar-refractivity contribution in [2.24, 2.45) is 0 Å². The summed E-state index contributed by atoms with van der Waals surface area (Å²) in [5.41, 5.74) is 0.683. The predicted octanol–water partition coefficient (Wildman–Crippen LogP) is 5.52. The monoisotopic (exact) mass is 357 g/mol. The number of fused-ring (bicyclic) bond motifs is 1. The molecule has 1 aliphatic rings. The summed E-state index contributed by atoms with van der Waals surface area (Å²) in [5, 5.41) is 12.0. The maximum absolute atomic E-state index is 9.92. The van der Waals surface area contributed by atoms with Crippen molar-refractivity contribution in [3.63, 3.8) is 0 Å². The van der Waals surface area contributed by atoms with Crippen LogP contribution >= 0.6 is 0 Å². The van der Waals surface area contributed by atoms with Gasteiger partial charge in [0.25, 0.3) is 5.95 Å². The fourth-order valence-electron chi connectivity index (χ4n) is 2.29. The van der Waals surface area contributed by atoms with Gasteiger partial charge in [-0.1, -0.05) is 48.6 Å². The molecule has 0 heterocycles. The summed E-state index contributed by atoms with van der Waals surface area (Å²) in [6, 6.07) is 23.7. The second-order valence-corrected chi connectivity index (χ2v) is 5.02. The Balaban J connectivity index is 0.000000300. The van der Waals surface area contributed by atoms with E-state index in [9.17, 15) is 5.11 Å². The molecule has 2 nitrogen and oxygen atoms in total. The Bertz CT molecular complexity index is 822. The molecule has 3 aromatic carbocycles. The van der Waals surface area contributed by atoms with Crippen molar-refractivity contribution in [3.05, 3.63) is 109 Å². The predicted molar refractivity (Wildman–Crippen MR) is 94.5 cm³/mol. The Morgan fingerprint density at radius 2 is 1.50 bits per heavy atom. The van der Waals surface area contributed by atoms with Crippen LogP contribution in [0.5, 0.6) is 5.75 Å². The minimum Gasteiger partial charge on any atom is -0.480 e. The molecule has 0 spiro atoms. The third kappa shape index (κ3) is 4.45. The summed E-state index contributed by atoms with van der Waals surface area (Å²) in [4.78, 5) is 0. The molecule has 0 amide bonds. The first-order chi connectivity index (χ1) is 11.3. The number of hydrogen-bond donors (Lipinski definition) is 1. The Kier molecular flexibility index (Phi) is 6.56. The quantitative estimate of drug-likeness (QED) is 0.372. The van der Waals surface area contributed by atoms with Crippen LogP contribution in [0.4, 0.5) is 0 Å². The van der Waals surface area contributed by atoms with Crippen LogP contribution in [0.3, 0.4) is 0 Å². The zero-order chi connectivity index (χ0) is 15.9. The van der Waals surface area contributed by atoms with Crippen LogP contribution < -0.4 is 4.74 Å². The number of aliphatic hydroxyl groups is 1. The van der Waals surface area contributed by atoms with E-state index in [4.69, 9.17) is 4.74 Å². The molecule has 122 valence electrons. The number of allylic oxidation sites excluding steroid dienone is 5. The number of rotatable bonds is 2. The summed E-state index contributed by atoms with van der Waals surface area (Å²) in [6.07, 6.45) is 7.33. The molecule has 4 rings (SSSR count). The normalized spacial score (nSPS) is 11.6. The van der Waals surface area contributed by atoms with E-state index in [0.717, 1.165) is 10.8 Å². The maximum Gasteiger partial charge on any atom is 0.289 e. The molecule has 0 aromatic heterocycles. The van der Waals surface area contributed by atoms with E-state index in [0.29, 0.717) is 11.3 Å². The Morgan fingerprint density at radius 1 is 0.833 bits per heavy atom. The smallest absolute Gasteiger partial charge is 0.289 e. The minimum absolute atomic E-state index is 0. The molecular formula is C21H17FeO2-. The molecule has 3 heteroatoms. The van der Waals surface area contributed by atoms with Gasteiger partial charge in [0.05, 0.1) is 5.57 Å². The molecule has 24 heavy (non-hydrogen) atoms. The van der Waals surface area contributed by atoms with Gasteiger partial charge in [0.2, 0.25) is 0 Å². The summed E-state index contributed by atoms with van der Waals surface area (Å²) < 4.78 is 5.54. The molecule has 1 aliphatic carbocycles. The van der Waals surface area contributed by atoms with E-state index in [1.54, 1.807) is 12.2 Å². The maximum atomic E-state index is 9.92. The largest absolute Gasteiger partial charge is 0.480 e. The number of aliphatic hydroxyl groups excluding tert-OH is 1. The SMILES string of the molecule is OC(Oc1cccc2ccccc12)=C1C=CC=C1.[Fe].c1cc[cH-]c1. The van der Waals surface area contributed by atoms with Crippen LogP contribution in [-0.2, 0) is 17.1 Å². The van der Waals surface area contributed by atoms with Crippen molar-refractivity contribution in [1.82, 2.24) is 0 Å². The van der Waals surface area contributed by atoms with Crippen molar-refractivity contribution >= 4 is 10.8 Å². The molecule has 0 saturated heterocycles. The Morgan fingerprint density at radius 3 is 2.17 bits per heavy atom. The van der Waals surface area contributed by atoms with Crippen LogP contribution in [0.15, 0.2) is 109 Å². The van der Waals surface area contributed by atoms with E-state index in [1.807, 2.05) is 84.9 Å². The van der Waals surface area contributed by atoms with Crippen LogP contribution in [0, 0.1) is 0 Å². The molecule has 0 aliphatic heterocycles. The fourth-order valence-corrected chi connectivity index (χ4v) is 2.29. The zero-order valence-electron chi connectivity index (χ0n) is 12.9. The second kappa shape index (κ2) is 8.87. The molecule has 0 fully saturated rings. The van der Waals surface area contributed by atoms with Gasteiger partial charge in [0, 0.05) is 22.5 Å². The van der Waals surface area contributed by atoms with Crippen LogP contribution in [0.25, 0.3) is 10.8 Å². The average molecular weight is 357 g/mol. The topological polar surface area (TPSA) is 29.5 Å². The van der Waals surface area contributed by atoms with Crippen LogP contribution in [-0.4, -0.2) is 5.11 Å². The molecular weight excluding hydrogens is 340 g/mol. The molecule has 0 atom stereocenters. The third-order valence-electron chi connectivity index (χ3n) is 3.42. The second-order valence-electron chi connectivity index (χ2n) is 5.02. The first kappa shape index (κ1) is 17.7. The van der Waals surface area contributed by atoms with Crippen molar-refractivity contribution in [1.29, 1.82) is 0 Å². The van der Waals surface area contributed by atoms with Crippen molar-refractivity contribution in [3.8, 4) is 5.75 Å². The van der Waals surface area contributed by atoms with Gasteiger partial charge in [-0.3, -0.25) is 0 Å². The van der Waals surface area contributed by atoms with Gasteiger partial charge in [-0.25, -0.2) is 12.1 Å². The van der Waals surface area contributed by atoms with Gasteiger partial charge in [0.15, 0.2) is 0 Å². The van der Waals surface area contributed by atoms with E-state index in [2.05, 4.69) is 0 Å². The third-order valence-corrected chi connectivity index (χ3v) is 3.42. The molecule has 0 radical (unpaired) electrons. The van der Waals surface area contributed by atoms with Crippen molar-refractivity contribution in [2.45, 2.75) is 0 Å². The van der Waals surface area contributed by atoms with Gasteiger partial charge in [-0.2, -0.15) is 18.2 Å². The first-order valence-corrected chi connectivity index (χ1v) is 7.45. The van der Waals surface area contributed by atoms with Gasteiger partial charge in [-0.15, -0.1) is 0 Å². The molecule has 0 bridgehead atoms. The zero-order valence-corrected chi connectivity index (χ0v) is 14.1. The van der Waals surface area contributed by atoms with E-state index >= 15 is 0 Å². The summed E-state index contributed by atoms with van der Waals surface area (Å²) in [6.45, 7) is 0. The van der Waals surface area contributed by atoms with Gasteiger partial charge >= 0.3 is 0 Å². The number of ether oxygens (including phenoxy) is 1. The van der Waals surface area contributed by atoms with Crippen molar-refractivity contribution < 1.29 is 26.9 Å². The number of hydrogen-bond acceptors (Lipinski definition) is 2. The molecule has 0 saturated carbocycles. The average Bonchev–Trinajstić information content (AvgIpc) is 3.31. The summed E-state index contributed by atoms with van der Waals surface area (Å²) in [5.74, 6) is 0.586. The van der Waals surface area contributed by atoms with Crippen LogP contribution in [0.1, 0.15) is 0 Å². The molecule has 3 aromatic rings. The standard InChI is InChI=1S/C16H12O2.C5H5.Fe/c17-16(13-7-1-2-8-13)18-15-11-5-9-12-6-3-4-10-14(12)15;1-2-4-5-3-1;/h1-11,17H;1-5H;/q;-1;. The number of benzene rings is 2. The molecule has 0 unspecified atom stereocenters. The minimum atomic E-state index is -0.0728. The van der Waals surface area contributed by atoms with Gasteiger partial charge in [0.1, 0.15) is 5.75 Å².